The number of carbonyl (C=O) groups is 1. The van der Waals surface area contributed by atoms with Gasteiger partial charge in [0.1, 0.15) is 5.75 Å². The molecular formula is C18H21NO2. The Morgan fingerprint density at radius 1 is 1.05 bits per heavy atom. The van der Waals surface area contributed by atoms with Crippen LogP contribution in [0.4, 0.5) is 5.69 Å². The lowest BCUT2D eigenvalue weighted by Gasteiger charge is -2.19. The first-order valence-electron chi connectivity index (χ1n) is 6.99. The van der Waals surface area contributed by atoms with Gasteiger partial charge in [0.15, 0.2) is 0 Å². The van der Waals surface area contributed by atoms with E-state index in [1.807, 2.05) is 24.3 Å². The summed E-state index contributed by atoms with van der Waals surface area (Å²) in [6.45, 7) is 8.24. The first kappa shape index (κ1) is 15.1. The van der Waals surface area contributed by atoms with Crippen molar-refractivity contribution in [2.75, 3.05) is 5.32 Å². The van der Waals surface area contributed by atoms with Crippen LogP contribution in [0.15, 0.2) is 42.5 Å². The third kappa shape index (κ3) is 3.63. The van der Waals surface area contributed by atoms with Crippen molar-refractivity contribution in [3.05, 3.63) is 59.2 Å². The maximum Gasteiger partial charge on any atom is 0.255 e. The molecule has 0 fully saturated rings. The molecule has 0 unspecified atom stereocenters. The molecule has 2 rings (SSSR count). The van der Waals surface area contributed by atoms with Gasteiger partial charge in [-0.1, -0.05) is 39.0 Å². The molecule has 0 radical (unpaired) electrons. The first-order valence-corrected chi connectivity index (χ1v) is 6.99. The number of benzene rings is 2. The average Bonchev–Trinajstić information content (AvgIpc) is 2.41. The summed E-state index contributed by atoms with van der Waals surface area (Å²) in [6, 6.07) is 12.7. The minimum Gasteiger partial charge on any atom is -0.508 e. The third-order valence-corrected chi connectivity index (χ3v) is 3.48. The van der Waals surface area contributed by atoms with Crippen LogP contribution in [-0.2, 0) is 5.41 Å². The maximum absolute atomic E-state index is 12.1. The van der Waals surface area contributed by atoms with Crippen LogP contribution in [0.3, 0.4) is 0 Å². The zero-order valence-electron chi connectivity index (χ0n) is 12.9. The highest BCUT2D eigenvalue weighted by molar-refractivity contribution is 6.04. The Hall–Kier alpha value is -2.29. The minimum absolute atomic E-state index is 0.0886. The van der Waals surface area contributed by atoms with Gasteiger partial charge in [-0.25, -0.2) is 0 Å². The predicted molar refractivity (Wildman–Crippen MR) is 85.9 cm³/mol. The molecule has 0 saturated carbocycles. The van der Waals surface area contributed by atoms with Crippen LogP contribution in [0, 0.1) is 6.92 Å². The van der Waals surface area contributed by atoms with Crippen molar-refractivity contribution >= 4 is 11.6 Å². The van der Waals surface area contributed by atoms with Crippen LogP contribution in [0.1, 0.15) is 42.3 Å². The molecule has 0 heterocycles. The summed E-state index contributed by atoms with van der Waals surface area (Å²) in [5.41, 5.74) is 3.24. The zero-order valence-corrected chi connectivity index (χ0v) is 12.9. The van der Waals surface area contributed by atoms with Crippen molar-refractivity contribution in [2.45, 2.75) is 33.1 Å². The van der Waals surface area contributed by atoms with Gasteiger partial charge in [-0.15, -0.1) is 0 Å². The second-order valence-electron chi connectivity index (χ2n) is 6.28. The maximum atomic E-state index is 12.1. The number of hydrogen-bond donors (Lipinski definition) is 2. The zero-order chi connectivity index (χ0) is 15.6. The van der Waals surface area contributed by atoms with Gasteiger partial charge in [-0.05, 0) is 47.7 Å². The van der Waals surface area contributed by atoms with Gasteiger partial charge in [0.25, 0.3) is 5.91 Å². The molecular weight excluding hydrogens is 262 g/mol. The molecule has 0 bridgehead atoms. The van der Waals surface area contributed by atoms with Gasteiger partial charge < -0.3 is 10.4 Å². The fourth-order valence-electron chi connectivity index (χ4n) is 2.01. The number of amides is 1. The second-order valence-corrected chi connectivity index (χ2v) is 6.28. The van der Waals surface area contributed by atoms with Crippen LogP contribution < -0.4 is 5.32 Å². The highest BCUT2D eigenvalue weighted by atomic mass is 16.3. The number of aryl methyl sites for hydroxylation is 1. The van der Waals surface area contributed by atoms with E-state index >= 15 is 0 Å². The summed E-state index contributed by atoms with van der Waals surface area (Å²) >= 11 is 0. The van der Waals surface area contributed by atoms with Crippen molar-refractivity contribution < 1.29 is 9.90 Å². The van der Waals surface area contributed by atoms with Gasteiger partial charge in [0.05, 0.1) is 0 Å². The van der Waals surface area contributed by atoms with Crippen LogP contribution in [0.25, 0.3) is 0 Å². The van der Waals surface area contributed by atoms with Crippen molar-refractivity contribution in [3.63, 3.8) is 0 Å². The molecule has 2 aromatic carbocycles. The molecule has 0 aromatic heterocycles. The van der Waals surface area contributed by atoms with E-state index in [9.17, 15) is 9.90 Å². The lowest BCUT2D eigenvalue weighted by atomic mass is 9.87. The van der Waals surface area contributed by atoms with Gasteiger partial charge in [0.2, 0.25) is 0 Å². The van der Waals surface area contributed by atoms with Gasteiger partial charge >= 0.3 is 0 Å². The standard InChI is InChI=1S/C18H21NO2/c1-12-5-6-13(11-16(12)20)17(21)19-15-9-7-14(8-10-15)18(2,3)4/h5-11,20H,1-4H3,(H,19,21). The summed E-state index contributed by atoms with van der Waals surface area (Å²) in [5, 5.41) is 12.5. The van der Waals surface area contributed by atoms with E-state index < -0.39 is 0 Å². The van der Waals surface area contributed by atoms with Crippen LogP contribution >= 0.6 is 0 Å². The number of phenols is 1. The Labute approximate surface area is 125 Å². The van der Waals surface area contributed by atoms with Gasteiger partial charge in [-0.3, -0.25) is 4.79 Å². The molecule has 0 spiro atoms. The van der Waals surface area contributed by atoms with Crippen molar-refractivity contribution in [1.82, 2.24) is 0 Å². The Kier molecular flexibility index (Phi) is 4.03. The molecule has 2 N–H and O–H groups in total. The summed E-state index contributed by atoms with van der Waals surface area (Å²) in [5.74, 6) is -0.0976. The van der Waals surface area contributed by atoms with Crippen LogP contribution in [0.5, 0.6) is 5.75 Å². The lowest BCUT2D eigenvalue weighted by Crippen LogP contribution is -2.13. The molecule has 3 nitrogen and oxygen atoms in total. The fraction of sp³-hybridized carbons (Fsp3) is 0.278. The first-order chi connectivity index (χ1) is 9.77. The predicted octanol–water partition coefficient (Wildman–Crippen LogP) is 4.25. The van der Waals surface area contributed by atoms with E-state index in [1.165, 1.54) is 11.6 Å². The Morgan fingerprint density at radius 2 is 1.67 bits per heavy atom. The molecule has 0 aliphatic carbocycles. The van der Waals surface area contributed by atoms with Crippen molar-refractivity contribution in [3.8, 4) is 5.75 Å². The largest absolute Gasteiger partial charge is 0.508 e. The van der Waals surface area contributed by atoms with Crippen LogP contribution in [0.2, 0.25) is 0 Å². The van der Waals surface area contributed by atoms with E-state index in [2.05, 4.69) is 26.1 Å². The number of nitrogens with one attached hydrogen (secondary N) is 1. The Balaban J connectivity index is 2.14. The topological polar surface area (TPSA) is 49.3 Å². The van der Waals surface area contributed by atoms with Gasteiger partial charge in [0, 0.05) is 11.3 Å². The van der Waals surface area contributed by atoms with Crippen LogP contribution in [-0.4, -0.2) is 11.0 Å². The van der Waals surface area contributed by atoms with Gasteiger partial charge in [-0.2, -0.15) is 0 Å². The van der Waals surface area contributed by atoms with E-state index in [-0.39, 0.29) is 17.1 Å². The van der Waals surface area contributed by atoms with Crippen molar-refractivity contribution in [1.29, 1.82) is 0 Å². The summed E-state index contributed by atoms with van der Waals surface area (Å²) < 4.78 is 0. The molecule has 0 aliphatic heterocycles. The lowest BCUT2D eigenvalue weighted by molar-refractivity contribution is 0.102. The molecule has 3 heteroatoms. The number of rotatable bonds is 2. The normalized spacial score (nSPS) is 11.2. The quantitative estimate of drug-likeness (QED) is 0.865. The Morgan fingerprint density at radius 3 is 2.19 bits per heavy atom. The van der Waals surface area contributed by atoms with E-state index in [4.69, 9.17) is 0 Å². The Bertz CT molecular complexity index is 652. The number of aromatic hydroxyl groups is 1. The van der Waals surface area contributed by atoms with E-state index in [1.54, 1.807) is 19.1 Å². The summed E-state index contributed by atoms with van der Waals surface area (Å²) in [7, 11) is 0. The summed E-state index contributed by atoms with van der Waals surface area (Å²) in [4.78, 5) is 12.1. The molecule has 1 amide bonds. The number of phenolic OH excluding ortho intramolecular Hbond substituents is 1. The smallest absolute Gasteiger partial charge is 0.255 e. The highest BCUT2D eigenvalue weighted by Crippen LogP contribution is 2.24. The number of carbonyl (C=O) groups excluding carboxylic acids is 1. The third-order valence-electron chi connectivity index (χ3n) is 3.48. The monoisotopic (exact) mass is 283 g/mol. The fourth-order valence-corrected chi connectivity index (χ4v) is 2.01. The summed E-state index contributed by atoms with van der Waals surface area (Å²) in [6.07, 6.45) is 0. The van der Waals surface area contributed by atoms with E-state index in [0.29, 0.717) is 5.56 Å². The van der Waals surface area contributed by atoms with Crippen molar-refractivity contribution in [2.24, 2.45) is 0 Å². The highest BCUT2D eigenvalue weighted by Gasteiger charge is 2.13. The molecule has 0 atom stereocenters. The second kappa shape index (κ2) is 5.60. The molecule has 2 aromatic rings. The molecule has 0 aliphatic rings. The molecule has 21 heavy (non-hydrogen) atoms. The SMILES string of the molecule is Cc1ccc(C(=O)Nc2ccc(C(C)(C)C)cc2)cc1O. The van der Waals surface area contributed by atoms with E-state index in [0.717, 1.165) is 11.3 Å². The number of hydrogen-bond acceptors (Lipinski definition) is 2. The molecule has 110 valence electrons. The minimum atomic E-state index is -0.228. The molecule has 0 saturated heterocycles. The average molecular weight is 283 g/mol. The number of anilines is 1.